The Bertz CT molecular complexity index is 1110. The van der Waals surface area contributed by atoms with Gasteiger partial charge in [0.05, 0.1) is 30.3 Å². The average Bonchev–Trinajstić information content (AvgIpc) is 3.20. The van der Waals surface area contributed by atoms with Gasteiger partial charge >= 0.3 is 5.97 Å². The number of benzene rings is 1. The summed E-state index contributed by atoms with van der Waals surface area (Å²) in [4.78, 5) is 47.9. The predicted octanol–water partition coefficient (Wildman–Crippen LogP) is 3.56. The molecule has 1 aromatic rings. The number of hydrogen-bond donors (Lipinski definition) is 0. The number of rotatable bonds is 5. The van der Waals surface area contributed by atoms with Crippen molar-refractivity contribution < 1.29 is 19.1 Å². The minimum absolute atomic E-state index is 0.0224. The number of piperazine rings is 1. The van der Waals surface area contributed by atoms with Crippen molar-refractivity contribution in [1.82, 2.24) is 14.7 Å². The lowest BCUT2D eigenvalue weighted by Gasteiger charge is -2.37. The summed E-state index contributed by atoms with van der Waals surface area (Å²) in [5.41, 5.74) is 2.60. The quantitative estimate of drug-likeness (QED) is 0.572. The Morgan fingerprint density at radius 3 is 2.53 bits per heavy atom. The van der Waals surface area contributed by atoms with Gasteiger partial charge in [-0.1, -0.05) is 35.5 Å². The summed E-state index contributed by atoms with van der Waals surface area (Å²) in [5, 5.41) is 3.18. The number of ether oxygens (including phenoxy) is 1. The number of carbonyl (C=O) groups is 3. The highest BCUT2D eigenvalue weighted by atomic mass is 35.5. The minimum atomic E-state index is -0.506. The van der Waals surface area contributed by atoms with Crippen LogP contribution in [0.15, 0.2) is 51.6 Å². The van der Waals surface area contributed by atoms with E-state index in [1.54, 1.807) is 36.6 Å². The van der Waals surface area contributed by atoms with Gasteiger partial charge in [-0.15, -0.1) is 0 Å². The maximum atomic E-state index is 13.2. The third-order valence-electron chi connectivity index (χ3n) is 6.07. The van der Waals surface area contributed by atoms with Crippen molar-refractivity contribution in [2.75, 3.05) is 32.8 Å². The highest BCUT2D eigenvalue weighted by molar-refractivity contribution is 8.16. The zero-order valence-corrected chi connectivity index (χ0v) is 21.0. The lowest BCUT2D eigenvalue weighted by Crippen LogP contribution is -2.50. The summed E-state index contributed by atoms with van der Waals surface area (Å²) in [6.07, 6.45) is 0.165. The zero-order chi connectivity index (χ0) is 24.4. The molecule has 1 aromatic carbocycles. The van der Waals surface area contributed by atoms with Crippen LogP contribution in [-0.4, -0.2) is 70.4 Å². The molecule has 8 nitrogen and oxygen atoms in total. The summed E-state index contributed by atoms with van der Waals surface area (Å²) in [6.45, 7) is 7.43. The number of aliphatic imine (C=N–C) groups is 1. The van der Waals surface area contributed by atoms with Crippen molar-refractivity contribution in [2.24, 2.45) is 4.99 Å². The molecule has 3 aliphatic rings. The molecule has 10 heteroatoms. The number of thioether (sulfide) groups is 1. The number of halogens is 1. The van der Waals surface area contributed by atoms with Gasteiger partial charge in [-0.2, -0.15) is 0 Å². The molecule has 180 valence electrons. The van der Waals surface area contributed by atoms with E-state index in [0.717, 1.165) is 11.3 Å². The van der Waals surface area contributed by atoms with Crippen molar-refractivity contribution in [3.8, 4) is 0 Å². The van der Waals surface area contributed by atoms with Gasteiger partial charge in [0.2, 0.25) is 11.8 Å². The van der Waals surface area contributed by atoms with Crippen LogP contribution in [0, 0.1) is 0 Å². The van der Waals surface area contributed by atoms with E-state index < -0.39 is 12.0 Å². The fraction of sp³-hybridized carbons (Fsp3) is 0.417. The molecule has 0 N–H and O–H groups in total. The Morgan fingerprint density at radius 2 is 1.88 bits per heavy atom. The Labute approximate surface area is 208 Å². The Balaban J connectivity index is 1.61. The molecule has 34 heavy (non-hydrogen) atoms. The van der Waals surface area contributed by atoms with Crippen LogP contribution >= 0.6 is 23.4 Å². The van der Waals surface area contributed by atoms with Crippen LogP contribution in [0.1, 0.15) is 38.8 Å². The SMILES string of the molecule is CCOC(=O)C1=C(C)N=C2SC=C(CC(=O)N3CCN(C(C)=O)CC3)N2[C@@H]1c1cccc(Cl)c1. The fourth-order valence-electron chi connectivity index (χ4n) is 4.37. The highest BCUT2D eigenvalue weighted by Crippen LogP contribution is 2.45. The van der Waals surface area contributed by atoms with Gasteiger partial charge in [0, 0.05) is 43.8 Å². The van der Waals surface area contributed by atoms with Crippen LogP contribution < -0.4 is 0 Å². The molecule has 4 rings (SSSR count). The molecule has 0 unspecified atom stereocenters. The first-order chi connectivity index (χ1) is 16.3. The van der Waals surface area contributed by atoms with Crippen LogP contribution in [0.4, 0.5) is 0 Å². The Kier molecular flexibility index (Phi) is 7.33. The van der Waals surface area contributed by atoms with Crippen molar-refractivity contribution in [1.29, 1.82) is 0 Å². The minimum Gasteiger partial charge on any atom is -0.463 e. The predicted molar refractivity (Wildman–Crippen MR) is 132 cm³/mol. The summed E-state index contributed by atoms with van der Waals surface area (Å²) in [5.74, 6) is -0.435. The van der Waals surface area contributed by atoms with E-state index in [2.05, 4.69) is 4.99 Å². The summed E-state index contributed by atoms with van der Waals surface area (Å²) in [7, 11) is 0. The number of amides is 2. The maximum absolute atomic E-state index is 13.2. The van der Waals surface area contributed by atoms with Crippen molar-refractivity contribution >= 4 is 46.3 Å². The molecule has 3 heterocycles. The molecule has 1 fully saturated rings. The zero-order valence-electron chi connectivity index (χ0n) is 19.4. The smallest absolute Gasteiger partial charge is 0.338 e. The van der Waals surface area contributed by atoms with E-state index in [-0.39, 0.29) is 24.8 Å². The summed E-state index contributed by atoms with van der Waals surface area (Å²) < 4.78 is 5.36. The fourth-order valence-corrected chi connectivity index (χ4v) is 5.53. The van der Waals surface area contributed by atoms with Gasteiger partial charge in [0.15, 0.2) is 5.17 Å². The van der Waals surface area contributed by atoms with Crippen LogP contribution in [0.2, 0.25) is 5.02 Å². The lowest BCUT2D eigenvalue weighted by atomic mass is 9.94. The van der Waals surface area contributed by atoms with E-state index in [4.69, 9.17) is 16.3 Å². The van der Waals surface area contributed by atoms with E-state index in [1.807, 2.05) is 28.5 Å². The normalized spacial score (nSPS) is 20.1. The molecule has 0 bridgehead atoms. The Morgan fingerprint density at radius 1 is 1.18 bits per heavy atom. The first-order valence-corrected chi connectivity index (χ1v) is 12.5. The van der Waals surface area contributed by atoms with Crippen molar-refractivity contribution in [3.63, 3.8) is 0 Å². The van der Waals surface area contributed by atoms with Gasteiger partial charge < -0.3 is 19.4 Å². The molecule has 0 aromatic heterocycles. The summed E-state index contributed by atoms with van der Waals surface area (Å²) in [6, 6.07) is 6.85. The van der Waals surface area contributed by atoms with Gasteiger partial charge in [-0.05, 0) is 37.0 Å². The van der Waals surface area contributed by atoms with Gasteiger partial charge in [-0.25, -0.2) is 9.79 Å². The number of esters is 1. The number of allylic oxidation sites excluding steroid dienone is 1. The monoisotopic (exact) mass is 502 g/mol. The number of hydrogen-bond acceptors (Lipinski definition) is 7. The third kappa shape index (κ3) is 4.86. The molecule has 1 atom stereocenters. The van der Waals surface area contributed by atoms with Crippen LogP contribution in [0.5, 0.6) is 0 Å². The van der Waals surface area contributed by atoms with E-state index in [9.17, 15) is 14.4 Å². The molecule has 0 aliphatic carbocycles. The topological polar surface area (TPSA) is 82.5 Å². The number of carbonyl (C=O) groups excluding carboxylic acids is 3. The molecule has 1 saturated heterocycles. The average molecular weight is 503 g/mol. The number of nitrogens with zero attached hydrogens (tertiary/aromatic N) is 4. The molecule has 2 amide bonds. The van der Waals surface area contributed by atoms with Gasteiger partial charge in [0.25, 0.3) is 0 Å². The second-order valence-electron chi connectivity index (χ2n) is 8.23. The second kappa shape index (κ2) is 10.2. The molecule has 0 saturated carbocycles. The molecular formula is C24H27ClN4O4S. The second-order valence-corrected chi connectivity index (χ2v) is 9.51. The van der Waals surface area contributed by atoms with Crippen LogP contribution in [0.25, 0.3) is 0 Å². The third-order valence-corrected chi connectivity index (χ3v) is 7.19. The number of amidine groups is 1. The van der Waals surface area contributed by atoms with Crippen LogP contribution in [-0.2, 0) is 19.1 Å². The van der Waals surface area contributed by atoms with Crippen molar-refractivity contribution in [3.05, 3.63) is 57.2 Å². The standard InChI is InChI=1S/C24H27ClN4O4S/c1-4-33-23(32)21-15(2)26-24-29(22(21)17-6-5-7-18(25)12-17)19(14-34-24)13-20(31)28-10-8-27(9-11-28)16(3)30/h5-7,12,14,22H,4,8-11,13H2,1-3H3/t22-/m1/s1. The lowest BCUT2D eigenvalue weighted by molar-refractivity contribution is -0.139. The first-order valence-electron chi connectivity index (χ1n) is 11.2. The highest BCUT2D eigenvalue weighted by Gasteiger charge is 2.41. The van der Waals surface area contributed by atoms with E-state index >= 15 is 0 Å². The maximum Gasteiger partial charge on any atom is 0.338 e. The van der Waals surface area contributed by atoms with E-state index in [1.165, 1.54) is 11.8 Å². The van der Waals surface area contributed by atoms with Crippen LogP contribution in [0.3, 0.4) is 0 Å². The molecule has 3 aliphatic heterocycles. The molecule has 0 radical (unpaired) electrons. The number of fused-ring (bicyclic) bond motifs is 1. The first kappa shape index (κ1) is 24.3. The van der Waals surface area contributed by atoms with Gasteiger partial charge in [-0.3, -0.25) is 9.59 Å². The molecular weight excluding hydrogens is 476 g/mol. The Hall–Kier alpha value is -2.78. The largest absolute Gasteiger partial charge is 0.463 e. The van der Waals surface area contributed by atoms with Gasteiger partial charge in [0.1, 0.15) is 0 Å². The molecule has 0 spiro atoms. The van der Waals surface area contributed by atoms with E-state index in [0.29, 0.717) is 47.6 Å². The summed E-state index contributed by atoms with van der Waals surface area (Å²) >= 11 is 7.73. The van der Waals surface area contributed by atoms with Crippen molar-refractivity contribution in [2.45, 2.75) is 33.2 Å².